The third-order valence-electron chi connectivity index (χ3n) is 2.95. The molecule has 0 radical (unpaired) electrons. The van der Waals surface area contributed by atoms with Crippen molar-refractivity contribution in [1.82, 2.24) is 0 Å². The second-order valence-electron chi connectivity index (χ2n) is 4.69. The molecule has 0 fully saturated rings. The van der Waals surface area contributed by atoms with E-state index in [9.17, 15) is 26.3 Å². The summed E-state index contributed by atoms with van der Waals surface area (Å²) in [5, 5.41) is -0.589. The number of alkyl halides is 6. The molecule has 2 aromatic rings. The Labute approximate surface area is 148 Å². The minimum atomic E-state index is -4.55. The molecule has 0 bridgehead atoms. The van der Waals surface area contributed by atoms with E-state index in [-0.39, 0.29) is 21.5 Å². The van der Waals surface area contributed by atoms with Gasteiger partial charge in [0.25, 0.3) is 0 Å². The molecule has 2 aromatic carbocycles. The summed E-state index contributed by atoms with van der Waals surface area (Å²) in [6.07, 6.45) is -9.10. The Morgan fingerprint density at radius 1 is 0.680 bits per heavy atom. The summed E-state index contributed by atoms with van der Waals surface area (Å²) < 4.78 is 85.2. The molecule has 0 heterocycles. The summed E-state index contributed by atoms with van der Waals surface area (Å²) in [4.78, 5) is 0. The number of rotatable bonds is 4. The van der Waals surface area contributed by atoms with Gasteiger partial charge in [-0.1, -0.05) is 23.2 Å². The lowest BCUT2D eigenvalue weighted by molar-refractivity contribution is -0.138. The highest BCUT2D eigenvalue weighted by Gasteiger charge is 2.32. The van der Waals surface area contributed by atoms with Crippen LogP contribution in [0.1, 0.15) is 11.1 Å². The number of hydrogen-bond acceptors (Lipinski definition) is 2. The molecule has 134 valence electrons. The van der Waals surface area contributed by atoms with Gasteiger partial charge in [0.1, 0.15) is 11.5 Å². The molecule has 0 aliphatic heterocycles. The smallest absolute Gasteiger partial charge is 0.527 e. The van der Waals surface area contributed by atoms with E-state index >= 15 is 0 Å². The van der Waals surface area contributed by atoms with Gasteiger partial charge in [-0.2, -0.15) is 26.3 Å². The lowest BCUT2D eigenvalue weighted by Gasteiger charge is -2.13. The van der Waals surface area contributed by atoms with Crippen LogP contribution in [0, 0.1) is 0 Å². The van der Waals surface area contributed by atoms with Crippen LogP contribution in [-0.4, -0.2) is 7.69 Å². The fourth-order valence-corrected chi connectivity index (χ4v) is 2.22. The van der Waals surface area contributed by atoms with E-state index in [1.54, 1.807) is 0 Å². The van der Waals surface area contributed by atoms with Crippen molar-refractivity contribution in [3.8, 4) is 11.5 Å². The third-order valence-corrected chi connectivity index (χ3v) is 3.54. The quantitative estimate of drug-likeness (QED) is 0.478. The third kappa shape index (κ3) is 5.12. The van der Waals surface area contributed by atoms with Crippen molar-refractivity contribution in [2.45, 2.75) is 12.4 Å². The van der Waals surface area contributed by atoms with Crippen LogP contribution in [0.2, 0.25) is 10.0 Å². The Bertz CT molecular complexity index is 700. The summed E-state index contributed by atoms with van der Waals surface area (Å²) in [7, 11) is -0.518. The van der Waals surface area contributed by atoms with Crippen LogP contribution in [0.4, 0.5) is 26.3 Å². The highest BCUT2D eigenvalue weighted by molar-refractivity contribution is 6.34. The van der Waals surface area contributed by atoms with E-state index in [4.69, 9.17) is 32.5 Å². The number of benzene rings is 2. The van der Waals surface area contributed by atoms with Crippen LogP contribution in [0.5, 0.6) is 11.5 Å². The van der Waals surface area contributed by atoms with Gasteiger partial charge in [0.2, 0.25) is 0 Å². The molecule has 0 aliphatic rings. The molecule has 0 saturated carbocycles. The van der Waals surface area contributed by atoms with Crippen molar-refractivity contribution in [2.24, 2.45) is 0 Å². The molecular weight excluding hydrogens is 396 g/mol. The molecule has 25 heavy (non-hydrogen) atoms. The highest BCUT2D eigenvalue weighted by atomic mass is 35.5. The SMILES string of the molecule is FC(F)(F)c1ccc(OBOc2ccc(C(F)(F)F)cc2Cl)c(Cl)c1. The number of halogens is 8. The first kappa shape index (κ1) is 19.6. The second kappa shape index (κ2) is 7.25. The van der Waals surface area contributed by atoms with Gasteiger partial charge in [-0.3, -0.25) is 0 Å². The van der Waals surface area contributed by atoms with Gasteiger partial charge in [0.05, 0.1) is 21.2 Å². The van der Waals surface area contributed by atoms with Crippen molar-refractivity contribution in [2.75, 3.05) is 0 Å². The van der Waals surface area contributed by atoms with Gasteiger partial charge in [-0.05, 0) is 36.4 Å². The Kier molecular flexibility index (Phi) is 5.68. The molecule has 0 aliphatic carbocycles. The predicted molar refractivity (Wildman–Crippen MR) is 81.3 cm³/mol. The minimum Gasteiger partial charge on any atom is -0.527 e. The van der Waals surface area contributed by atoms with Crippen LogP contribution < -0.4 is 9.31 Å². The minimum absolute atomic E-state index is 0.0855. The van der Waals surface area contributed by atoms with Gasteiger partial charge in [0, 0.05) is 0 Å². The maximum Gasteiger partial charge on any atom is 0.576 e. The molecule has 0 saturated heterocycles. The lowest BCUT2D eigenvalue weighted by Crippen LogP contribution is -2.12. The molecule has 0 amide bonds. The number of hydrogen-bond donors (Lipinski definition) is 0. The Morgan fingerprint density at radius 3 is 1.32 bits per heavy atom. The maximum atomic E-state index is 12.5. The molecule has 0 unspecified atom stereocenters. The van der Waals surface area contributed by atoms with E-state index < -0.39 is 31.2 Å². The van der Waals surface area contributed by atoms with E-state index in [0.29, 0.717) is 12.1 Å². The van der Waals surface area contributed by atoms with Crippen LogP contribution in [-0.2, 0) is 12.4 Å². The molecule has 11 heteroatoms. The molecular formula is C14H7BCl2F6O2. The fourth-order valence-electron chi connectivity index (χ4n) is 1.74. The van der Waals surface area contributed by atoms with Crippen molar-refractivity contribution >= 4 is 30.9 Å². The predicted octanol–water partition coefficient (Wildman–Crippen LogP) is 5.76. The van der Waals surface area contributed by atoms with E-state index in [0.717, 1.165) is 24.3 Å². The monoisotopic (exact) mass is 402 g/mol. The largest absolute Gasteiger partial charge is 0.576 e. The second-order valence-corrected chi connectivity index (χ2v) is 5.51. The van der Waals surface area contributed by atoms with Crippen molar-refractivity contribution in [3.63, 3.8) is 0 Å². The molecule has 0 aromatic heterocycles. The average molecular weight is 403 g/mol. The van der Waals surface area contributed by atoms with Crippen LogP contribution in [0.3, 0.4) is 0 Å². The summed E-state index contributed by atoms with van der Waals surface area (Å²) >= 11 is 11.4. The topological polar surface area (TPSA) is 18.5 Å². The van der Waals surface area contributed by atoms with Crippen molar-refractivity contribution in [3.05, 3.63) is 57.6 Å². The van der Waals surface area contributed by atoms with Crippen LogP contribution in [0.25, 0.3) is 0 Å². The van der Waals surface area contributed by atoms with Gasteiger partial charge < -0.3 is 9.31 Å². The van der Waals surface area contributed by atoms with Crippen LogP contribution >= 0.6 is 23.2 Å². The summed E-state index contributed by atoms with van der Waals surface area (Å²) in [6, 6.07) is 4.91. The normalized spacial score (nSPS) is 12.0. The van der Waals surface area contributed by atoms with Gasteiger partial charge >= 0.3 is 20.0 Å². The van der Waals surface area contributed by atoms with Gasteiger partial charge in [0.15, 0.2) is 0 Å². The van der Waals surface area contributed by atoms with Gasteiger partial charge in [-0.25, -0.2) is 0 Å². The lowest BCUT2D eigenvalue weighted by atomic mass is 10.2. The molecule has 2 nitrogen and oxygen atoms in total. The first-order chi connectivity index (χ1) is 11.5. The molecule has 2 rings (SSSR count). The van der Waals surface area contributed by atoms with E-state index in [1.807, 2.05) is 0 Å². The maximum absolute atomic E-state index is 12.5. The fraction of sp³-hybridized carbons (Fsp3) is 0.143. The highest BCUT2D eigenvalue weighted by Crippen LogP contribution is 2.36. The van der Waals surface area contributed by atoms with Crippen molar-refractivity contribution < 1.29 is 35.7 Å². The first-order valence-electron chi connectivity index (χ1n) is 6.47. The Morgan fingerprint density at radius 2 is 1.04 bits per heavy atom. The zero-order chi connectivity index (χ0) is 18.8. The Balaban J connectivity index is 2.02. The zero-order valence-corrected chi connectivity index (χ0v) is 13.5. The average Bonchev–Trinajstić information content (AvgIpc) is 2.48. The summed E-state index contributed by atoms with van der Waals surface area (Å²) in [6.45, 7) is 0. The summed E-state index contributed by atoms with van der Waals surface area (Å²) in [5.74, 6) is -0.171. The van der Waals surface area contributed by atoms with Crippen LogP contribution in [0.15, 0.2) is 36.4 Å². The first-order valence-corrected chi connectivity index (χ1v) is 7.23. The van der Waals surface area contributed by atoms with E-state index in [2.05, 4.69) is 0 Å². The molecule has 0 spiro atoms. The molecule has 0 N–H and O–H groups in total. The molecule has 0 atom stereocenters. The van der Waals surface area contributed by atoms with Gasteiger partial charge in [-0.15, -0.1) is 0 Å². The Hall–Kier alpha value is -1.74. The standard InChI is InChI=1S/C14H7BCl2F6O2/c16-9-5-7(13(18,19)20)1-3-11(9)24-15-25-12-4-2-8(6-10(12)17)14(21,22)23/h1-6,15H. The zero-order valence-electron chi connectivity index (χ0n) is 12.0. The van der Waals surface area contributed by atoms with Crippen molar-refractivity contribution in [1.29, 1.82) is 0 Å². The summed E-state index contributed by atoms with van der Waals surface area (Å²) in [5.41, 5.74) is -1.90. The van der Waals surface area contributed by atoms with E-state index in [1.165, 1.54) is 0 Å².